The van der Waals surface area contributed by atoms with Crippen molar-refractivity contribution in [2.24, 2.45) is 0 Å². The molecule has 0 aliphatic carbocycles. The molecule has 4 nitrogen and oxygen atoms in total. The first-order valence-electron chi connectivity index (χ1n) is 7.02. The number of carbonyl (C=O) groups excluding carboxylic acids is 1. The van der Waals surface area contributed by atoms with Crippen LogP contribution in [0.25, 0.3) is 0 Å². The van der Waals surface area contributed by atoms with E-state index in [1.807, 2.05) is 20.8 Å². The van der Waals surface area contributed by atoms with Crippen molar-refractivity contribution in [2.45, 2.75) is 58.8 Å². The van der Waals surface area contributed by atoms with Gasteiger partial charge in [-0.2, -0.15) is 0 Å². The predicted molar refractivity (Wildman–Crippen MR) is 79.7 cm³/mol. The van der Waals surface area contributed by atoms with E-state index in [0.717, 1.165) is 12.0 Å². The Hall–Kier alpha value is -1.55. The van der Waals surface area contributed by atoms with Crippen LogP contribution in [0.5, 0.6) is 5.75 Å². The fourth-order valence-electron chi connectivity index (χ4n) is 1.61. The van der Waals surface area contributed by atoms with Crippen molar-refractivity contribution < 1.29 is 14.6 Å². The topological polar surface area (TPSA) is 58.6 Å². The highest BCUT2D eigenvalue weighted by atomic mass is 16.5. The van der Waals surface area contributed by atoms with Gasteiger partial charge in [0.1, 0.15) is 5.75 Å². The summed E-state index contributed by atoms with van der Waals surface area (Å²) in [5.41, 5.74) is 0.590. The minimum absolute atomic E-state index is 0.128. The van der Waals surface area contributed by atoms with Crippen molar-refractivity contribution in [2.75, 3.05) is 0 Å². The number of hydrogen-bond acceptors (Lipinski definition) is 3. The molecule has 112 valence electrons. The Balaban J connectivity index is 2.61. The number of aliphatic hydroxyl groups excluding tert-OH is 1. The van der Waals surface area contributed by atoms with E-state index in [0.29, 0.717) is 5.75 Å². The van der Waals surface area contributed by atoms with Gasteiger partial charge >= 0.3 is 0 Å². The van der Waals surface area contributed by atoms with Gasteiger partial charge in [-0.05, 0) is 51.8 Å². The molecule has 1 rings (SSSR count). The van der Waals surface area contributed by atoms with Crippen LogP contribution in [0.15, 0.2) is 24.3 Å². The van der Waals surface area contributed by atoms with Gasteiger partial charge in [-0.15, -0.1) is 0 Å². The second-order valence-corrected chi connectivity index (χ2v) is 5.73. The summed E-state index contributed by atoms with van der Waals surface area (Å²) in [6.45, 7) is 9.42. The average molecular weight is 279 g/mol. The van der Waals surface area contributed by atoms with Crippen LogP contribution in [0.4, 0.5) is 0 Å². The van der Waals surface area contributed by atoms with Crippen molar-refractivity contribution in [1.82, 2.24) is 5.32 Å². The minimum Gasteiger partial charge on any atom is -0.481 e. The normalized spacial score (nSPS) is 14.5. The lowest BCUT2D eigenvalue weighted by molar-refractivity contribution is -0.128. The Morgan fingerprint density at radius 3 is 2.30 bits per heavy atom. The quantitative estimate of drug-likeness (QED) is 0.842. The van der Waals surface area contributed by atoms with Gasteiger partial charge in [-0.1, -0.05) is 19.1 Å². The zero-order valence-electron chi connectivity index (χ0n) is 12.9. The lowest BCUT2D eigenvalue weighted by atomic mass is 10.0. The Morgan fingerprint density at radius 2 is 1.85 bits per heavy atom. The molecule has 20 heavy (non-hydrogen) atoms. The predicted octanol–water partition coefficient (Wildman–Crippen LogP) is 2.81. The Bertz CT molecular complexity index is 438. The Morgan fingerprint density at radius 1 is 1.30 bits per heavy atom. The molecule has 0 aliphatic rings. The summed E-state index contributed by atoms with van der Waals surface area (Å²) in [5.74, 6) is 0.489. The molecule has 0 bridgehead atoms. The maximum Gasteiger partial charge on any atom is 0.261 e. The molecule has 0 heterocycles. The number of ether oxygens (including phenoxy) is 1. The van der Waals surface area contributed by atoms with Crippen LogP contribution in [-0.4, -0.2) is 22.7 Å². The molecule has 1 amide bonds. The summed E-state index contributed by atoms with van der Waals surface area (Å²) in [7, 11) is 0. The van der Waals surface area contributed by atoms with Gasteiger partial charge in [0.05, 0.1) is 6.10 Å². The molecule has 2 N–H and O–H groups in total. The summed E-state index contributed by atoms with van der Waals surface area (Å²) in [6.07, 6.45) is -0.206. The molecule has 4 heteroatoms. The molecule has 1 aromatic carbocycles. The third-order valence-electron chi connectivity index (χ3n) is 3.39. The molecular formula is C16H25NO3. The maximum atomic E-state index is 12.0. The number of rotatable bonds is 6. The van der Waals surface area contributed by atoms with E-state index in [9.17, 15) is 9.90 Å². The molecule has 0 spiro atoms. The fraction of sp³-hybridized carbons (Fsp3) is 0.562. The molecule has 1 aromatic rings. The van der Waals surface area contributed by atoms with Crippen LogP contribution in [0.2, 0.25) is 0 Å². The molecule has 0 radical (unpaired) electrons. The van der Waals surface area contributed by atoms with Crippen molar-refractivity contribution in [3.63, 3.8) is 0 Å². The standard InChI is InChI=1S/C16H25NO3/c1-6-16(4,5)17-15(19)12(3)20-14-9-7-13(8-10-14)11(2)18/h7-12,18H,6H2,1-5H3,(H,17,19). The van der Waals surface area contributed by atoms with E-state index >= 15 is 0 Å². The summed E-state index contributed by atoms with van der Waals surface area (Å²) in [4.78, 5) is 12.0. The first kappa shape index (κ1) is 16.5. The number of benzene rings is 1. The molecule has 0 aromatic heterocycles. The molecule has 0 saturated heterocycles. The van der Waals surface area contributed by atoms with E-state index in [4.69, 9.17) is 4.74 Å². The van der Waals surface area contributed by atoms with Gasteiger partial charge in [-0.3, -0.25) is 4.79 Å². The molecular weight excluding hydrogens is 254 g/mol. The van der Waals surface area contributed by atoms with Crippen LogP contribution >= 0.6 is 0 Å². The van der Waals surface area contributed by atoms with Gasteiger partial charge in [0.15, 0.2) is 6.10 Å². The summed E-state index contributed by atoms with van der Waals surface area (Å²) in [6, 6.07) is 7.11. The highest BCUT2D eigenvalue weighted by Crippen LogP contribution is 2.18. The highest BCUT2D eigenvalue weighted by molar-refractivity contribution is 5.81. The Kier molecular flexibility index (Phi) is 5.57. The van der Waals surface area contributed by atoms with Crippen LogP contribution in [0.3, 0.4) is 0 Å². The van der Waals surface area contributed by atoms with E-state index in [1.54, 1.807) is 38.1 Å². The molecule has 0 saturated carbocycles. The average Bonchev–Trinajstić information content (AvgIpc) is 2.38. The maximum absolute atomic E-state index is 12.0. The molecule has 2 unspecified atom stereocenters. The SMILES string of the molecule is CCC(C)(C)NC(=O)C(C)Oc1ccc(C(C)O)cc1. The third-order valence-corrected chi connectivity index (χ3v) is 3.39. The van der Waals surface area contributed by atoms with E-state index in [2.05, 4.69) is 5.32 Å². The summed E-state index contributed by atoms with van der Waals surface area (Å²) >= 11 is 0. The van der Waals surface area contributed by atoms with Gasteiger partial charge in [-0.25, -0.2) is 0 Å². The zero-order valence-corrected chi connectivity index (χ0v) is 12.9. The molecule has 2 atom stereocenters. The smallest absolute Gasteiger partial charge is 0.261 e. The Labute approximate surface area is 121 Å². The van der Waals surface area contributed by atoms with Gasteiger partial charge in [0.25, 0.3) is 5.91 Å². The van der Waals surface area contributed by atoms with Gasteiger partial charge in [0, 0.05) is 5.54 Å². The van der Waals surface area contributed by atoms with Crippen LogP contribution in [0, 0.1) is 0 Å². The lowest BCUT2D eigenvalue weighted by Crippen LogP contribution is -2.48. The monoisotopic (exact) mass is 279 g/mol. The number of amides is 1. The highest BCUT2D eigenvalue weighted by Gasteiger charge is 2.22. The fourth-order valence-corrected chi connectivity index (χ4v) is 1.61. The van der Waals surface area contributed by atoms with Crippen molar-refractivity contribution >= 4 is 5.91 Å². The minimum atomic E-state index is -0.557. The first-order valence-corrected chi connectivity index (χ1v) is 7.02. The molecule has 0 fully saturated rings. The third kappa shape index (κ3) is 4.85. The van der Waals surface area contributed by atoms with E-state index < -0.39 is 12.2 Å². The summed E-state index contributed by atoms with van der Waals surface area (Å²) in [5, 5.41) is 12.4. The van der Waals surface area contributed by atoms with Crippen molar-refractivity contribution in [3.8, 4) is 5.75 Å². The molecule has 0 aliphatic heterocycles. The zero-order chi connectivity index (χ0) is 15.3. The number of nitrogens with one attached hydrogen (secondary N) is 1. The van der Waals surface area contributed by atoms with E-state index in [-0.39, 0.29) is 11.4 Å². The second kappa shape index (κ2) is 6.75. The van der Waals surface area contributed by atoms with Crippen LogP contribution in [-0.2, 0) is 4.79 Å². The second-order valence-electron chi connectivity index (χ2n) is 5.73. The number of carbonyl (C=O) groups is 1. The number of hydrogen-bond donors (Lipinski definition) is 2. The van der Waals surface area contributed by atoms with Gasteiger partial charge in [0.2, 0.25) is 0 Å². The lowest BCUT2D eigenvalue weighted by Gasteiger charge is -2.26. The van der Waals surface area contributed by atoms with E-state index in [1.165, 1.54) is 0 Å². The van der Waals surface area contributed by atoms with Gasteiger partial charge < -0.3 is 15.2 Å². The van der Waals surface area contributed by atoms with Crippen molar-refractivity contribution in [3.05, 3.63) is 29.8 Å². The van der Waals surface area contributed by atoms with Crippen LogP contribution < -0.4 is 10.1 Å². The number of aliphatic hydroxyl groups is 1. The van der Waals surface area contributed by atoms with Crippen molar-refractivity contribution in [1.29, 1.82) is 0 Å². The first-order chi connectivity index (χ1) is 9.25. The van der Waals surface area contributed by atoms with Crippen LogP contribution in [0.1, 0.15) is 52.7 Å². The largest absolute Gasteiger partial charge is 0.481 e. The summed E-state index contributed by atoms with van der Waals surface area (Å²) < 4.78 is 5.61.